The molecular formula is C14H16FN5O. The van der Waals surface area contributed by atoms with Crippen molar-refractivity contribution in [3.8, 4) is 0 Å². The zero-order chi connectivity index (χ0) is 14.8. The summed E-state index contributed by atoms with van der Waals surface area (Å²) >= 11 is 0. The average molecular weight is 289 g/mol. The van der Waals surface area contributed by atoms with Crippen molar-refractivity contribution in [2.75, 3.05) is 31.1 Å². The normalized spacial score (nSPS) is 16.0. The van der Waals surface area contributed by atoms with Crippen LogP contribution in [0.1, 0.15) is 6.42 Å². The quantitative estimate of drug-likeness (QED) is 0.860. The Balaban J connectivity index is 1.94. The Morgan fingerprint density at radius 3 is 2.86 bits per heavy atom. The molecule has 1 aromatic carbocycles. The summed E-state index contributed by atoms with van der Waals surface area (Å²) in [4.78, 5) is 23.2. The standard InChI is InChI=1S/C14H16FN5O/c15-11-4-1-3-10-12(11)17-9-18-13(10)19-5-2-6-20(8-7-19)14(16)21/h1,3-4,9H,2,5-8H2,(H2,16,21). The number of carbonyl (C=O) groups excluding carboxylic acids is 1. The number of aromatic nitrogens is 2. The van der Waals surface area contributed by atoms with Gasteiger partial charge in [-0.2, -0.15) is 0 Å². The van der Waals surface area contributed by atoms with Gasteiger partial charge in [0.2, 0.25) is 0 Å². The molecule has 7 heteroatoms. The van der Waals surface area contributed by atoms with E-state index in [-0.39, 0.29) is 5.82 Å². The number of nitrogens with two attached hydrogens (primary N) is 1. The maximum absolute atomic E-state index is 13.8. The topological polar surface area (TPSA) is 75.4 Å². The van der Waals surface area contributed by atoms with Crippen LogP contribution in [0.3, 0.4) is 0 Å². The number of hydrogen-bond donors (Lipinski definition) is 1. The predicted molar refractivity (Wildman–Crippen MR) is 77.5 cm³/mol. The molecule has 21 heavy (non-hydrogen) atoms. The van der Waals surface area contributed by atoms with Crippen molar-refractivity contribution in [3.63, 3.8) is 0 Å². The van der Waals surface area contributed by atoms with Crippen molar-refractivity contribution in [1.29, 1.82) is 0 Å². The SMILES string of the molecule is NC(=O)N1CCCN(c2ncnc3c(F)cccc23)CC1. The van der Waals surface area contributed by atoms with Gasteiger partial charge in [-0.25, -0.2) is 19.2 Å². The van der Waals surface area contributed by atoms with E-state index in [1.807, 2.05) is 11.0 Å². The van der Waals surface area contributed by atoms with Crippen LogP contribution < -0.4 is 10.6 Å². The molecule has 1 aliphatic rings. The van der Waals surface area contributed by atoms with E-state index < -0.39 is 6.03 Å². The van der Waals surface area contributed by atoms with Crippen molar-refractivity contribution >= 4 is 22.8 Å². The molecule has 0 saturated carbocycles. The van der Waals surface area contributed by atoms with E-state index in [0.29, 0.717) is 36.4 Å². The number of nitrogens with zero attached hydrogens (tertiary/aromatic N) is 4. The van der Waals surface area contributed by atoms with Gasteiger partial charge in [-0.05, 0) is 18.6 Å². The van der Waals surface area contributed by atoms with Gasteiger partial charge in [0.15, 0.2) is 0 Å². The van der Waals surface area contributed by atoms with Gasteiger partial charge in [-0.1, -0.05) is 6.07 Å². The highest BCUT2D eigenvalue weighted by Gasteiger charge is 2.20. The predicted octanol–water partition coefficient (Wildman–Crippen LogP) is 1.36. The lowest BCUT2D eigenvalue weighted by Gasteiger charge is -2.23. The summed E-state index contributed by atoms with van der Waals surface area (Å²) in [6.45, 7) is 2.53. The van der Waals surface area contributed by atoms with Crippen LogP contribution in [-0.2, 0) is 0 Å². The smallest absolute Gasteiger partial charge is 0.314 e. The van der Waals surface area contributed by atoms with E-state index in [9.17, 15) is 9.18 Å². The summed E-state index contributed by atoms with van der Waals surface area (Å²) in [5.74, 6) is 0.343. The molecule has 2 N–H and O–H groups in total. The first-order valence-corrected chi connectivity index (χ1v) is 6.85. The first kappa shape index (κ1) is 13.5. The second-order valence-electron chi connectivity index (χ2n) is 5.00. The third-order valence-electron chi connectivity index (χ3n) is 3.70. The van der Waals surface area contributed by atoms with E-state index in [0.717, 1.165) is 13.0 Å². The summed E-state index contributed by atoms with van der Waals surface area (Å²) in [5.41, 5.74) is 5.64. The van der Waals surface area contributed by atoms with Crippen molar-refractivity contribution in [3.05, 3.63) is 30.3 Å². The number of carbonyl (C=O) groups is 1. The van der Waals surface area contributed by atoms with Gasteiger partial charge in [-0.15, -0.1) is 0 Å². The minimum absolute atomic E-state index is 0.318. The Morgan fingerprint density at radius 1 is 1.19 bits per heavy atom. The molecule has 0 unspecified atom stereocenters. The molecular weight excluding hydrogens is 273 g/mol. The number of primary amides is 1. The molecule has 0 spiro atoms. The number of rotatable bonds is 1. The number of urea groups is 1. The number of benzene rings is 1. The van der Waals surface area contributed by atoms with Gasteiger partial charge >= 0.3 is 6.03 Å². The highest BCUT2D eigenvalue weighted by molar-refractivity contribution is 5.89. The Bertz CT molecular complexity index is 677. The van der Waals surface area contributed by atoms with Crippen molar-refractivity contribution in [2.24, 2.45) is 5.73 Å². The molecule has 1 fully saturated rings. The van der Waals surface area contributed by atoms with Crippen LogP contribution in [0.5, 0.6) is 0 Å². The zero-order valence-electron chi connectivity index (χ0n) is 11.5. The molecule has 1 saturated heterocycles. The van der Waals surface area contributed by atoms with Crippen molar-refractivity contribution in [2.45, 2.75) is 6.42 Å². The Hall–Kier alpha value is -2.44. The molecule has 0 atom stereocenters. The molecule has 2 aromatic rings. The number of hydrogen-bond acceptors (Lipinski definition) is 4. The summed E-state index contributed by atoms with van der Waals surface area (Å²) in [6, 6.07) is 4.44. The Kier molecular flexibility index (Phi) is 3.55. The van der Waals surface area contributed by atoms with Gasteiger partial charge < -0.3 is 15.5 Å². The summed E-state index contributed by atoms with van der Waals surface area (Å²) in [7, 11) is 0. The molecule has 3 rings (SSSR count). The van der Waals surface area contributed by atoms with Crippen LogP contribution in [0.25, 0.3) is 10.9 Å². The number of halogens is 1. The molecule has 6 nitrogen and oxygen atoms in total. The van der Waals surface area contributed by atoms with E-state index in [4.69, 9.17) is 5.73 Å². The van der Waals surface area contributed by atoms with E-state index in [1.165, 1.54) is 12.4 Å². The number of para-hydroxylation sites is 1. The minimum atomic E-state index is -0.407. The average Bonchev–Trinajstić information content (AvgIpc) is 2.73. The molecule has 0 aliphatic carbocycles. The van der Waals surface area contributed by atoms with E-state index in [1.54, 1.807) is 11.0 Å². The number of amides is 2. The van der Waals surface area contributed by atoms with Crippen LogP contribution >= 0.6 is 0 Å². The lowest BCUT2D eigenvalue weighted by molar-refractivity contribution is 0.211. The lowest BCUT2D eigenvalue weighted by atomic mass is 10.2. The Labute approximate surface area is 121 Å². The fourth-order valence-corrected chi connectivity index (χ4v) is 2.64. The first-order valence-electron chi connectivity index (χ1n) is 6.85. The largest absolute Gasteiger partial charge is 0.354 e. The van der Waals surface area contributed by atoms with Gasteiger partial charge in [0, 0.05) is 31.6 Å². The summed E-state index contributed by atoms with van der Waals surface area (Å²) in [6.07, 6.45) is 2.17. The summed E-state index contributed by atoms with van der Waals surface area (Å²) in [5, 5.41) is 0.685. The third-order valence-corrected chi connectivity index (χ3v) is 3.70. The second kappa shape index (κ2) is 5.51. The minimum Gasteiger partial charge on any atom is -0.354 e. The van der Waals surface area contributed by atoms with Crippen LogP contribution in [0.2, 0.25) is 0 Å². The van der Waals surface area contributed by atoms with Gasteiger partial charge in [0.25, 0.3) is 0 Å². The van der Waals surface area contributed by atoms with Crippen LogP contribution in [-0.4, -0.2) is 47.1 Å². The highest BCUT2D eigenvalue weighted by Crippen LogP contribution is 2.25. The van der Waals surface area contributed by atoms with Crippen LogP contribution in [0.4, 0.5) is 15.0 Å². The highest BCUT2D eigenvalue weighted by atomic mass is 19.1. The summed E-state index contributed by atoms with van der Waals surface area (Å²) < 4.78 is 13.8. The van der Waals surface area contributed by atoms with Crippen molar-refractivity contribution in [1.82, 2.24) is 14.9 Å². The zero-order valence-corrected chi connectivity index (χ0v) is 11.5. The van der Waals surface area contributed by atoms with Crippen molar-refractivity contribution < 1.29 is 9.18 Å². The Morgan fingerprint density at radius 2 is 2.05 bits per heavy atom. The van der Waals surface area contributed by atoms with Gasteiger partial charge in [-0.3, -0.25) is 0 Å². The first-order chi connectivity index (χ1) is 10.2. The molecule has 2 heterocycles. The van der Waals surface area contributed by atoms with Gasteiger partial charge in [0.05, 0.1) is 0 Å². The molecule has 1 aliphatic heterocycles. The molecule has 1 aromatic heterocycles. The van der Waals surface area contributed by atoms with E-state index in [2.05, 4.69) is 9.97 Å². The number of fused-ring (bicyclic) bond motifs is 1. The van der Waals surface area contributed by atoms with E-state index >= 15 is 0 Å². The molecule has 110 valence electrons. The maximum Gasteiger partial charge on any atom is 0.314 e. The van der Waals surface area contributed by atoms with Crippen LogP contribution in [0.15, 0.2) is 24.5 Å². The molecule has 2 amide bonds. The maximum atomic E-state index is 13.8. The van der Waals surface area contributed by atoms with Gasteiger partial charge in [0.1, 0.15) is 23.5 Å². The lowest BCUT2D eigenvalue weighted by Crippen LogP contribution is -2.38. The number of anilines is 1. The molecule has 0 radical (unpaired) electrons. The monoisotopic (exact) mass is 289 g/mol. The van der Waals surface area contributed by atoms with Crippen LogP contribution in [0, 0.1) is 5.82 Å². The fourth-order valence-electron chi connectivity index (χ4n) is 2.64. The second-order valence-corrected chi connectivity index (χ2v) is 5.00. The third kappa shape index (κ3) is 2.58. The fraction of sp³-hybridized carbons (Fsp3) is 0.357. The molecule has 0 bridgehead atoms.